The molecule has 0 saturated carbocycles. The molecule has 0 radical (unpaired) electrons. The normalized spacial score (nSPS) is 17.9. The maximum Gasteiger partial charge on any atom is 0.311 e. The van der Waals surface area contributed by atoms with Crippen LogP contribution in [0.15, 0.2) is 18.4 Å². The van der Waals surface area contributed by atoms with Crippen LogP contribution in [0.1, 0.15) is 24.0 Å². The van der Waals surface area contributed by atoms with Gasteiger partial charge >= 0.3 is 5.97 Å². The Morgan fingerprint density at radius 3 is 2.71 bits per heavy atom. The Labute approximate surface area is 98.5 Å². The topological polar surface area (TPSA) is 55.8 Å². The van der Waals surface area contributed by atoms with Gasteiger partial charge in [0.1, 0.15) is 17.2 Å². The Hall–Kier alpha value is -1.97. The Kier molecular flexibility index (Phi) is 2.11. The van der Waals surface area contributed by atoms with E-state index in [2.05, 4.69) is 6.58 Å². The van der Waals surface area contributed by atoms with Gasteiger partial charge in [-0.2, -0.15) is 0 Å². The third-order valence-electron chi connectivity index (χ3n) is 3.13. The van der Waals surface area contributed by atoms with Gasteiger partial charge < -0.3 is 14.6 Å². The molecular formula is C13H12O4. The second kappa shape index (κ2) is 3.52. The van der Waals surface area contributed by atoms with E-state index in [1.807, 2.05) is 0 Å². The van der Waals surface area contributed by atoms with E-state index < -0.39 is 0 Å². The van der Waals surface area contributed by atoms with Crippen LogP contribution in [0.5, 0.6) is 17.2 Å². The van der Waals surface area contributed by atoms with Crippen LogP contribution >= 0.6 is 0 Å². The predicted octanol–water partition coefficient (Wildman–Crippen LogP) is 2.08. The molecule has 0 aromatic heterocycles. The summed E-state index contributed by atoms with van der Waals surface area (Å²) >= 11 is 0. The SMILES string of the molecule is C=C1CCc2c(O)cc3c(c2O1)CCC(=O)O3. The van der Waals surface area contributed by atoms with E-state index in [9.17, 15) is 9.90 Å². The number of ether oxygens (including phenoxy) is 2. The minimum atomic E-state index is -0.272. The average Bonchev–Trinajstić information content (AvgIpc) is 2.28. The summed E-state index contributed by atoms with van der Waals surface area (Å²) in [5, 5.41) is 9.88. The third-order valence-corrected chi connectivity index (χ3v) is 3.13. The molecule has 0 atom stereocenters. The van der Waals surface area contributed by atoms with Gasteiger partial charge in [0.05, 0.1) is 12.2 Å². The number of allylic oxidation sites excluding steroid dienone is 1. The van der Waals surface area contributed by atoms with E-state index in [0.717, 1.165) is 11.1 Å². The molecule has 4 nitrogen and oxygen atoms in total. The van der Waals surface area contributed by atoms with E-state index in [4.69, 9.17) is 9.47 Å². The highest BCUT2D eigenvalue weighted by Crippen LogP contribution is 2.44. The van der Waals surface area contributed by atoms with Crippen molar-refractivity contribution >= 4 is 5.97 Å². The van der Waals surface area contributed by atoms with Gasteiger partial charge in [-0.3, -0.25) is 4.79 Å². The molecule has 0 unspecified atom stereocenters. The summed E-state index contributed by atoms with van der Waals surface area (Å²) < 4.78 is 10.7. The van der Waals surface area contributed by atoms with E-state index in [-0.39, 0.29) is 11.7 Å². The maximum atomic E-state index is 11.2. The second-order valence-corrected chi connectivity index (χ2v) is 4.29. The molecule has 0 aliphatic carbocycles. The number of esters is 1. The highest BCUT2D eigenvalue weighted by atomic mass is 16.5. The zero-order valence-electron chi connectivity index (χ0n) is 9.28. The fourth-order valence-electron chi connectivity index (χ4n) is 2.26. The number of phenols is 1. The fourth-order valence-corrected chi connectivity index (χ4v) is 2.26. The number of hydrogen-bond donors (Lipinski definition) is 1. The molecular weight excluding hydrogens is 220 g/mol. The number of carbonyl (C=O) groups excluding carboxylic acids is 1. The number of benzene rings is 1. The minimum Gasteiger partial charge on any atom is -0.507 e. The van der Waals surface area contributed by atoms with E-state index in [0.29, 0.717) is 42.9 Å². The summed E-state index contributed by atoms with van der Waals surface area (Å²) in [5.41, 5.74) is 1.65. The molecule has 3 rings (SSSR count). The molecule has 0 saturated heterocycles. The first-order valence-electron chi connectivity index (χ1n) is 5.59. The molecule has 17 heavy (non-hydrogen) atoms. The summed E-state index contributed by atoms with van der Waals surface area (Å²) in [5.74, 6) is 1.57. The third kappa shape index (κ3) is 1.56. The summed E-state index contributed by atoms with van der Waals surface area (Å²) in [7, 11) is 0. The zero-order valence-corrected chi connectivity index (χ0v) is 9.28. The van der Waals surface area contributed by atoms with Crippen molar-refractivity contribution in [2.24, 2.45) is 0 Å². The van der Waals surface area contributed by atoms with Crippen LogP contribution in [-0.4, -0.2) is 11.1 Å². The van der Waals surface area contributed by atoms with E-state index >= 15 is 0 Å². The van der Waals surface area contributed by atoms with Gasteiger partial charge in [-0.1, -0.05) is 6.58 Å². The molecule has 2 aliphatic rings. The van der Waals surface area contributed by atoms with Gasteiger partial charge in [0.2, 0.25) is 0 Å². The summed E-state index contributed by atoms with van der Waals surface area (Å²) in [4.78, 5) is 11.2. The monoisotopic (exact) mass is 232 g/mol. The molecule has 0 fully saturated rings. The predicted molar refractivity (Wildman–Crippen MR) is 60.2 cm³/mol. The molecule has 88 valence electrons. The van der Waals surface area contributed by atoms with Gasteiger partial charge in [-0.25, -0.2) is 0 Å². The first-order chi connectivity index (χ1) is 8.15. The number of phenolic OH excluding ortho intramolecular Hbond substituents is 1. The zero-order chi connectivity index (χ0) is 12.0. The number of hydrogen-bond acceptors (Lipinski definition) is 4. The molecule has 0 bridgehead atoms. The van der Waals surface area contributed by atoms with Crippen molar-refractivity contribution in [2.75, 3.05) is 0 Å². The van der Waals surface area contributed by atoms with Gasteiger partial charge in [0.25, 0.3) is 0 Å². The van der Waals surface area contributed by atoms with Crippen LogP contribution < -0.4 is 9.47 Å². The summed E-state index contributed by atoms with van der Waals surface area (Å²) in [6, 6.07) is 1.50. The van der Waals surface area contributed by atoms with Crippen molar-refractivity contribution in [3.8, 4) is 17.2 Å². The number of carbonyl (C=O) groups is 1. The van der Waals surface area contributed by atoms with Crippen LogP contribution in [0.2, 0.25) is 0 Å². The highest BCUT2D eigenvalue weighted by Gasteiger charge is 2.28. The molecule has 2 heterocycles. The smallest absolute Gasteiger partial charge is 0.311 e. The molecule has 4 heteroatoms. The largest absolute Gasteiger partial charge is 0.507 e. The molecule has 2 aliphatic heterocycles. The van der Waals surface area contributed by atoms with Crippen molar-refractivity contribution in [1.29, 1.82) is 0 Å². The van der Waals surface area contributed by atoms with Crippen molar-refractivity contribution in [2.45, 2.75) is 25.7 Å². The molecule has 0 amide bonds. The van der Waals surface area contributed by atoms with E-state index in [1.54, 1.807) is 0 Å². The molecule has 1 N–H and O–H groups in total. The van der Waals surface area contributed by atoms with Crippen LogP contribution in [-0.2, 0) is 17.6 Å². The van der Waals surface area contributed by atoms with Gasteiger partial charge in [0, 0.05) is 23.6 Å². The Balaban J connectivity index is 2.18. The van der Waals surface area contributed by atoms with Crippen molar-refractivity contribution < 1.29 is 19.4 Å². The van der Waals surface area contributed by atoms with Crippen molar-refractivity contribution in [3.63, 3.8) is 0 Å². The molecule has 0 spiro atoms. The number of aromatic hydroxyl groups is 1. The summed E-state index contributed by atoms with van der Waals surface area (Å²) in [6.07, 6.45) is 2.35. The Morgan fingerprint density at radius 1 is 1.12 bits per heavy atom. The van der Waals surface area contributed by atoms with Crippen LogP contribution in [0.4, 0.5) is 0 Å². The molecule has 1 aromatic rings. The van der Waals surface area contributed by atoms with Crippen LogP contribution in [0, 0.1) is 0 Å². The lowest BCUT2D eigenvalue weighted by Gasteiger charge is -2.26. The lowest BCUT2D eigenvalue weighted by Crippen LogP contribution is -2.18. The Bertz CT molecular complexity index is 531. The van der Waals surface area contributed by atoms with Crippen LogP contribution in [0.3, 0.4) is 0 Å². The van der Waals surface area contributed by atoms with Gasteiger partial charge in [-0.15, -0.1) is 0 Å². The second-order valence-electron chi connectivity index (χ2n) is 4.29. The summed E-state index contributed by atoms with van der Waals surface area (Å²) in [6.45, 7) is 3.79. The maximum absolute atomic E-state index is 11.2. The standard InChI is InChI=1S/C13H12O4/c1-7-2-3-8-10(14)6-11-9(13(8)16-7)4-5-12(15)17-11/h6,14H,1-5H2. The van der Waals surface area contributed by atoms with Crippen LogP contribution in [0.25, 0.3) is 0 Å². The lowest BCUT2D eigenvalue weighted by atomic mass is 9.96. The first kappa shape index (κ1) is 10.2. The van der Waals surface area contributed by atoms with Gasteiger partial charge in [-0.05, 0) is 12.8 Å². The Morgan fingerprint density at radius 2 is 1.88 bits per heavy atom. The lowest BCUT2D eigenvalue weighted by molar-refractivity contribution is -0.135. The quantitative estimate of drug-likeness (QED) is 0.549. The minimum absolute atomic E-state index is 0.126. The van der Waals surface area contributed by atoms with Crippen molar-refractivity contribution in [1.82, 2.24) is 0 Å². The molecule has 1 aromatic carbocycles. The average molecular weight is 232 g/mol. The fraction of sp³-hybridized carbons (Fsp3) is 0.308. The highest BCUT2D eigenvalue weighted by molar-refractivity contribution is 5.77. The van der Waals surface area contributed by atoms with Crippen molar-refractivity contribution in [3.05, 3.63) is 29.5 Å². The number of rotatable bonds is 0. The first-order valence-corrected chi connectivity index (χ1v) is 5.59. The number of fused-ring (bicyclic) bond motifs is 3. The van der Waals surface area contributed by atoms with Gasteiger partial charge in [0.15, 0.2) is 0 Å². The van der Waals surface area contributed by atoms with E-state index in [1.165, 1.54) is 6.07 Å².